The maximum absolute atomic E-state index is 12.6. The van der Waals surface area contributed by atoms with Crippen molar-refractivity contribution in [2.45, 2.75) is 26.7 Å². The Labute approximate surface area is 161 Å². The molecule has 0 fully saturated rings. The molecule has 3 aromatic rings. The Morgan fingerprint density at radius 2 is 1.89 bits per heavy atom. The van der Waals surface area contributed by atoms with Gasteiger partial charge in [0.15, 0.2) is 5.75 Å². The molecular formula is C21H19ClO5. The van der Waals surface area contributed by atoms with Crippen molar-refractivity contribution in [3.8, 4) is 11.5 Å². The normalized spacial score (nSPS) is 10.8. The molecule has 0 radical (unpaired) electrons. The molecule has 5 nitrogen and oxygen atoms in total. The number of hydrogen-bond acceptors (Lipinski definition) is 5. The summed E-state index contributed by atoms with van der Waals surface area (Å²) in [5, 5.41) is 0.993. The van der Waals surface area contributed by atoms with Crippen LogP contribution in [-0.4, -0.2) is 12.6 Å². The molecule has 0 atom stereocenters. The predicted octanol–water partition coefficient (Wildman–Crippen LogP) is 5.02. The van der Waals surface area contributed by atoms with E-state index in [1.807, 2.05) is 13.8 Å². The third kappa shape index (κ3) is 4.14. The molecule has 2 aromatic carbocycles. The summed E-state index contributed by atoms with van der Waals surface area (Å²) in [4.78, 5) is 24.4. The van der Waals surface area contributed by atoms with Crippen LogP contribution in [-0.2, 0) is 6.42 Å². The fraction of sp³-hybridized carbons (Fsp3) is 0.238. The van der Waals surface area contributed by atoms with Gasteiger partial charge in [0.25, 0.3) is 0 Å². The highest BCUT2D eigenvalue weighted by Gasteiger charge is 2.18. The van der Waals surface area contributed by atoms with E-state index in [-0.39, 0.29) is 16.3 Å². The van der Waals surface area contributed by atoms with Crippen LogP contribution in [0.3, 0.4) is 0 Å². The first-order chi connectivity index (χ1) is 13.0. The number of aryl methyl sites for hydroxylation is 1. The number of rotatable bonds is 6. The molecule has 0 N–H and O–H groups in total. The Bertz CT molecular complexity index is 1040. The van der Waals surface area contributed by atoms with Crippen molar-refractivity contribution in [1.82, 2.24) is 0 Å². The lowest BCUT2D eigenvalue weighted by Crippen LogP contribution is -2.11. The number of ether oxygens (including phenoxy) is 2. The Balaban J connectivity index is 1.99. The number of fused-ring (bicyclic) bond motifs is 1. The number of benzene rings is 2. The van der Waals surface area contributed by atoms with E-state index in [1.165, 1.54) is 12.1 Å². The molecule has 0 saturated heterocycles. The van der Waals surface area contributed by atoms with Crippen LogP contribution in [0.2, 0.25) is 5.02 Å². The Hall–Kier alpha value is -2.79. The first-order valence-corrected chi connectivity index (χ1v) is 9.11. The highest BCUT2D eigenvalue weighted by molar-refractivity contribution is 6.33. The monoisotopic (exact) mass is 386 g/mol. The second-order valence-corrected chi connectivity index (χ2v) is 6.35. The van der Waals surface area contributed by atoms with Gasteiger partial charge in [-0.15, -0.1) is 0 Å². The average Bonchev–Trinajstić information content (AvgIpc) is 2.64. The van der Waals surface area contributed by atoms with E-state index in [4.69, 9.17) is 25.5 Å². The lowest BCUT2D eigenvalue weighted by Gasteiger charge is -2.11. The quantitative estimate of drug-likeness (QED) is 0.338. The molecule has 0 bridgehead atoms. The summed E-state index contributed by atoms with van der Waals surface area (Å²) in [6.07, 6.45) is 1.60. The number of para-hydroxylation sites is 1. The molecule has 0 aliphatic heterocycles. The van der Waals surface area contributed by atoms with Crippen LogP contribution in [0.25, 0.3) is 11.0 Å². The van der Waals surface area contributed by atoms with E-state index < -0.39 is 11.6 Å². The Morgan fingerprint density at radius 1 is 1.11 bits per heavy atom. The highest BCUT2D eigenvalue weighted by Crippen LogP contribution is 2.32. The van der Waals surface area contributed by atoms with Crippen LogP contribution >= 0.6 is 11.6 Å². The summed E-state index contributed by atoms with van der Waals surface area (Å²) in [6.45, 7) is 4.28. The van der Waals surface area contributed by atoms with Crippen LogP contribution in [0, 0.1) is 0 Å². The minimum Gasteiger partial charge on any atom is -0.493 e. The smallest absolute Gasteiger partial charge is 0.347 e. The lowest BCUT2D eigenvalue weighted by molar-refractivity contribution is 0.0730. The Morgan fingerprint density at radius 3 is 2.63 bits per heavy atom. The van der Waals surface area contributed by atoms with Gasteiger partial charge in [0.2, 0.25) is 0 Å². The molecule has 0 aliphatic rings. The number of esters is 1. The summed E-state index contributed by atoms with van der Waals surface area (Å²) in [5.74, 6) is -0.0525. The van der Waals surface area contributed by atoms with E-state index in [0.717, 1.165) is 23.8 Å². The molecule has 140 valence electrons. The van der Waals surface area contributed by atoms with Crippen LogP contribution in [0.4, 0.5) is 0 Å². The number of halogens is 1. The van der Waals surface area contributed by atoms with E-state index in [2.05, 4.69) is 0 Å². The van der Waals surface area contributed by atoms with Crippen LogP contribution in [0.1, 0.15) is 36.2 Å². The SMILES string of the molecule is CCCc1cc(=O)oc2cc(OC(=O)c3ccccc3OCC)c(Cl)cc12. The number of carbonyl (C=O) groups excluding carboxylic acids is 1. The second-order valence-electron chi connectivity index (χ2n) is 5.94. The minimum absolute atomic E-state index is 0.122. The van der Waals surface area contributed by atoms with Gasteiger partial charge in [-0.05, 0) is 37.1 Å². The maximum Gasteiger partial charge on any atom is 0.347 e. The minimum atomic E-state index is -0.604. The van der Waals surface area contributed by atoms with Gasteiger partial charge in [-0.2, -0.15) is 0 Å². The average molecular weight is 387 g/mol. The lowest BCUT2D eigenvalue weighted by atomic mass is 10.1. The molecule has 0 saturated carbocycles. The highest BCUT2D eigenvalue weighted by atomic mass is 35.5. The first-order valence-electron chi connectivity index (χ1n) is 8.73. The molecule has 1 heterocycles. The van der Waals surface area contributed by atoms with Gasteiger partial charge in [-0.3, -0.25) is 0 Å². The van der Waals surface area contributed by atoms with Crippen molar-refractivity contribution in [2.75, 3.05) is 6.61 Å². The zero-order chi connectivity index (χ0) is 19.4. The van der Waals surface area contributed by atoms with Crippen LogP contribution < -0.4 is 15.1 Å². The van der Waals surface area contributed by atoms with Gasteiger partial charge in [-0.1, -0.05) is 37.1 Å². The summed E-state index contributed by atoms with van der Waals surface area (Å²) in [5.41, 5.74) is 1.02. The fourth-order valence-electron chi connectivity index (χ4n) is 2.85. The van der Waals surface area contributed by atoms with E-state index in [1.54, 1.807) is 30.3 Å². The third-order valence-corrected chi connectivity index (χ3v) is 4.31. The predicted molar refractivity (Wildman–Crippen MR) is 104 cm³/mol. The summed E-state index contributed by atoms with van der Waals surface area (Å²) >= 11 is 6.32. The van der Waals surface area contributed by atoms with E-state index >= 15 is 0 Å². The van der Waals surface area contributed by atoms with Gasteiger partial charge >= 0.3 is 11.6 Å². The fourth-order valence-corrected chi connectivity index (χ4v) is 3.06. The zero-order valence-corrected chi connectivity index (χ0v) is 15.8. The molecule has 27 heavy (non-hydrogen) atoms. The van der Waals surface area contributed by atoms with Crippen molar-refractivity contribution >= 4 is 28.5 Å². The summed E-state index contributed by atoms with van der Waals surface area (Å²) < 4.78 is 16.2. The number of carbonyl (C=O) groups is 1. The van der Waals surface area contributed by atoms with Crippen LogP contribution in [0.5, 0.6) is 11.5 Å². The second kappa shape index (κ2) is 8.27. The Kier molecular flexibility index (Phi) is 5.81. The van der Waals surface area contributed by atoms with Gasteiger partial charge < -0.3 is 13.9 Å². The third-order valence-electron chi connectivity index (χ3n) is 4.01. The van der Waals surface area contributed by atoms with Crippen molar-refractivity contribution in [1.29, 1.82) is 0 Å². The molecule has 6 heteroatoms. The van der Waals surface area contributed by atoms with Crippen molar-refractivity contribution in [3.63, 3.8) is 0 Å². The van der Waals surface area contributed by atoms with Gasteiger partial charge in [0.1, 0.15) is 16.9 Å². The number of hydrogen-bond donors (Lipinski definition) is 0. The van der Waals surface area contributed by atoms with E-state index in [9.17, 15) is 9.59 Å². The standard InChI is InChI=1S/C21H19ClO5/c1-3-7-13-10-20(23)26-18-12-19(16(22)11-15(13)18)27-21(24)14-8-5-6-9-17(14)25-4-2/h5-6,8-12H,3-4,7H2,1-2H3. The molecule has 0 amide bonds. The topological polar surface area (TPSA) is 65.7 Å². The molecule has 3 rings (SSSR count). The molecule has 1 aromatic heterocycles. The van der Waals surface area contributed by atoms with Gasteiger partial charge in [0.05, 0.1) is 11.6 Å². The van der Waals surface area contributed by atoms with E-state index in [0.29, 0.717) is 17.9 Å². The summed E-state index contributed by atoms with van der Waals surface area (Å²) in [7, 11) is 0. The molecule has 0 unspecified atom stereocenters. The van der Waals surface area contributed by atoms with Crippen molar-refractivity contribution in [2.24, 2.45) is 0 Å². The largest absolute Gasteiger partial charge is 0.493 e. The first kappa shape index (κ1) is 19.0. The van der Waals surface area contributed by atoms with Crippen LogP contribution in [0.15, 0.2) is 51.7 Å². The van der Waals surface area contributed by atoms with Gasteiger partial charge in [0, 0.05) is 17.5 Å². The van der Waals surface area contributed by atoms with Crippen molar-refractivity contribution < 1.29 is 18.7 Å². The maximum atomic E-state index is 12.6. The van der Waals surface area contributed by atoms with Crippen molar-refractivity contribution in [3.05, 3.63) is 69.0 Å². The summed E-state index contributed by atoms with van der Waals surface area (Å²) in [6, 6.07) is 11.4. The van der Waals surface area contributed by atoms with Gasteiger partial charge in [-0.25, -0.2) is 9.59 Å². The molecule has 0 spiro atoms. The molecular weight excluding hydrogens is 368 g/mol. The zero-order valence-electron chi connectivity index (χ0n) is 15.1. The molecule has 0 aliphatic carbocycles.